The number of hydrogen-bond donors (Lipinski definition) is 1. The van der Waals surface area contributed by atoms with E-state index in [1.807, 2.05) is 6.92 Å². The Morgan fingerprint density at radius 1 is 1.25 bits per heavy atom. The van der Waals surface area contributed by atoms with E-state index < -0.39 is 0 Å². The summed E-state index contributed by atoms with van der Waals surface area (Å²) in [4.78, 5) is 24.1. The third-order valence-corrected chi connectivity index (χ3v) is 4.79. The summed E-state index contributed by atoms with van der Waals surface area (Å²) in [5, 5.41) is 0. The normalized spacial score (nSPS) is 15.9. The van der Waals surface area contributed by atoms with Crippen LogP contribution in [0.15, 0.2) is 12.1 Å². The molecule has 24 heavy (non-hydrogen) atoms. The van der Waals surface area contributed by atoms with E-state index in [-0.39, 0.29) is 6.09 Å². The van der Waals surface area contributed by atoms with Gasteiger partial charge in [0.05, 0.1) is 17.6 Å². The molecule has 3 rings (SSSR count). The lowest BCUT2D eigenvalue weighted by Crippen LogP contribution is -2.49. The van der Waals surface area contributed by atoms with Crippen LogP contribution >= 0.6 is 0 Å². The fourth-order valence-electron chi connectivity index (χ4n) is 3.12. The number of H-pyrrole nitrogens is 1. The average Bonchev–Trinajstić information content (AvgIpc) is 3.01. The summed E-state index contributed by atoms with van der Waals surface area (Å²) in [6.07, 6.45) is 0.701. The van der Waals surface area contributed by atoms with Gasteiger partial charge in [-0.05, 0) is 38.0 Å². The zero-order valence-corrected chi connectivity index (χ0v) is 14.8. The predicted molar refractivity (Wildman–Crippen MR) is 94.3 cm³/mol. The molecule has 0 atom stereocenters. The monoisotopic (exact) mass is 330 g/mol. The van der Waals surface area contributed by atoms with Crippen molar-refractivity contribution >= 4 is 17.1 Å². The van der Waals surface area contributed by atoms with Crippen molar-refractivity contribution in [1.82, 2.24) is 19.8 Å². The first-order valence-electron chi connectivity index (χ1n) is 8.67. The standard InChI is InChI=1S/C18H26N4O2/c1-4-24-18(23)22-11-9-21(10-12-22)8-7-16-19-15-6-5-13(2)14(3)17(15)20-16/h5-6H,4,7-12H2,1-3H3,(H,19,20). The first-order chi connectivity index (χ1) is 11.6. The van der Waals surface area contributed by atoms with E-state index in [2.05, 4.69) is 35.9 Å². The van der Waals surface area contributed by atoms with E-state index in [9.17, 15) is 4.79 Å². The summed E-state index contributed by atoms with van der Waals surface area (Å²) in [5.74, 6) is 1.03. The minimum Gasteiger partial charge on any atom is -0.450 e. The van der Waals surface area contributed by atoms with Gasteiger partial charge in [0.2, 0.25) is 0 Å². The van der Waals surface area contributed by atoms with Crippen molar-refractivity contribution in [3.05, 3.63) is 29.1 Å². The number of piperazine rings is 1. The van der Waals surface area contributed by atoms with Gasteiger partial charge in [0.15, 0.2) is 0 Å². The molecule has 0 aliphatic carbocycles. The molecule has 1 aliphatic rings. The number of aromatic nitrogens is 2. The number of nitrogens with zero attached hydrogens (tertiary/aromatic N) is 3. The van der Waals surface area contributed by atoms with Crippen molar-refractivity contribution in [2.75, 3.05) is 39.3 Å². The lowest BCUT2D eigenvalue weighted by Gasteiger charge is -2.33. The maximum Gasteiger partial charge on any atom is 0.409 e. The van der Waals surface area contributed by atoms with E-state index in [1.54, 1.807) is 4.90 Å². The molecule has 0 bridgehead atoms. The Morgan fingerprint density at radius 2 is 2.00 bits per heavy atom. The van der Waals surface area contributed by atoms with Gasteiger partial charge in [-0.1, -0.05) is 6.07 Å². The number of carbonyl (C=O) groups is 1. The molecule has 1 aromatic heterocycles. The third kappa shape index (κ3) is 3.53. The van der Waals surface area contributed by atoms with Gasteiger partial charge in [0.1, 0.15) is 5.82 Å². The number of aromatic amines is 1. The summed E-state index contributed by atoms with van der Waals surface area (Å²) in [5.41, 5.74) is 4.71. The van der Waals surface area contributed by atoms with Crippen LogP contribution in [0.4, 0.5) is 4.79 Å². The number of rotatable bonds is 4. The first kappa shape index (κ1) is 16.8. The molecule has 6 heteroatoms. The smallest absolute Gasteiger partial charge is 0.409 e. The largest absolute Gasteiger partial charge is 0.450 e. The maximum absolute atomic E-state index is 11.7. The highest BCUT2D eigenvalue weighted by Crippen LogP contribution is 2.19. The van der Waals surface area contributed by atoms with Crippen LogP contribution in [-0.2, 0) is 11.2 Å². The molecule has 1 amide bonds. The number of hydrogen-bond acceptors (Lipinski definition) is 4. The Morgan fingerprint density at radius 3 is 2.71 bits per heavy atom. The van der Waals surface area contributed by atoms with Crippen LogP contribution in [0.5, 0.6) is 0 Å². The Labute approximate surface area is 142 Å². The van der Waals surface area contributed by atoms with E-state index in [0.29, 0.717) is 6.61 Å². The van der Waals surface area contributed by atoms with Crippen molar-refractivity contribution in [3.8, 4) is 0 Å². The molecule has 0 radical (unpaired) electrons. The molecule has 1 saturated heterocycles. The van der Waals surface area contributed by atoms with Crippen LogP contribution in [0.1, 0.15) is 23.9 Å². The molecule has 0 unspecified atom stereocenters. The van der Waals surface area contributed by atoms with Crippen LogP contribution in [-0.4, -0.2) is 65.2 Å². The zero-order valence-electron chi connectivity index (χ0n) is 14.8. The van der Waals surface area contributed by atoms with Crippen molar-refractivity contribution in [3.63, 3.8) is 0 Å². The highest BCUT2D eigenvalue weighted by Gasteiger charge is 2.21. The molecule has 130 valence electrons. The Balaban J connectivity index is 1.54. The fraction of sp³-hybridized carbons (Fsp3) is 0.556. The zero-order chi connectivity index (χ0) is 17.1. The molecule has 1 aliphatic heterocycles. The van der Waals surface area contributed by atoms with Gasteiger partial charge in [0.25, 0.3) is 0 Å². The average molecular weight is 330 g/mol. The Bertz CT molecular complexity index is 717. The van der Waals surface area contributed by atoms with Crippen LogP contribution in [0, 0.1) is 13.8 Å². The number of fused-ring (bicyclic) bond motifs is 1. The van der Waals surface area contributed by atoms with E-state index in [1.165, 1.54) is 11.1 Å². The third-order valence-electron chi connectivity index (χ3n) is 4.79. The second-order valence-corrected chi connectivity index (χ2v) is 6.36. The summed E-state index contributed by atoms with van der Waals surface area (Å²) in [7, 11) is 0. The number of benzene rings is 1. The lowest BCUT2D eigenvalue weighted by molar-refractivity contribution is 0.0798. The van der Waals surface area contributed by atoms with Crippen molar-refractivity contribution in [2.45, 2.75) is 27.2 Å². The van der Waals surface area contributed by atoms with Gasteiger partial charge in [-0.3, -0.25) is 4.90 Å². The summed E-state index contributed by atoms with van der Waals surface area (Å²) in [6.45, 7) is 10.7. The number of carbonyl (C=O) groups excluding carboxylic acids is 1. The molecule has 2 heterocycles. The molecule has 6 nitrogen and oxygen atoms in total. The molecule has 1 fully saturated rings. The van der Waals surface area contributed by atoms with E-state index in [4.69, 9.17) is 9.72 Å². The summed E-state index contributed by atoms with van der Waals surface area (Å²) in [6, 6.07) is 4.24. The van der Waals surface area contributed by atoms with Gasteiger partial charge in [-0.2, -0.15) is 0 Å². The molecular weight excluding hydrogens is 304 g/mol. The summed E-state index contributed by atoms with van der Waals surface area (Å²) >= 11 is 0. The van der Waals surface area contributed by atoms with Crippen molar-refractivity contribution < 1.29 is 9.53 Å². The van der Waals surface area contributed by atoms with Crippen LogP contribution in [0.25, 0.3) is 11.0 Å². The number of nitrogens with one attached hydrogen (secondary N) is 1. The lowest BCUT2D eigenvalue weighted by atomic mass is 10.1. The number of amides is 1. The molecular formula is C18H26N4O2. The minimum atomic E-state index is -0.194. The molecule has 1 aromatic carbocycles. The van der Waals surface area contributed by atoms with Crippen LogP contribution in [0.2, 0.25) is 0 Å². The molecule has 1 N–H and O–H groups in total. The van der Waals surface area contributed by atoms with Crippen molar-refractivity contribution in [1.29, 1.82) is 0 Å². The predicted octanol–water partition coefficient (Wildman–Crippen LogP) is 2.50. The second kappa shape index (κ2) is 7.21. The molecule has 0 spiro atoms. The molecule has 2 aromatic rings. The Hall–Kier alpha value is -2.08. The van der Waals surface area contributed by atoms with E-state index in [0.717, 1.165) is 56.0 Å². The number of ether oxygens (including phenoxy) is 1. The highest BCUT2D eigenvalue weighted by atomic mass is 16.6. The fourth-order valence-corrected chi connectivity index (χ4v) is 3.12. The van der Waals surface area contributed by atoms with Crippen LogP contribution < -0.4 is 0 Å². The van der Waals surface area contributed by atoms with E-state index >= 15 is 0 Å². The maximum atomic E-state index is 11.7. The number of aryl methyl sites for hydroxylation is 2. The first-order valence-corrected chi connectivity index (χ1v) is 8.67. The van der Waals surface area contributed by atoms with Gasteiger partial charge in [-0.25, -0.2) is 9.78 Å². The van der Waals surface area contributed by atoms with Crippen LogP contribution in [0.3, 0.4) is 0 Å². The van der Waals surface area contributed by atoms with Gasteiger partial charge >= 0.3 is 6.09 Å². The second-order valence-electron chi connectivity index (χ2n) is 6.36. The highest BCUT2D eigenvalue weighted by molar-refractivity contribution is 5.79. The Kier molecular flexibility index (Phi) is 5.04. The minimum absolute atomic E-state index is 0.194. The number of imidazole rings is 1. The topological polar surface area (TPSA) is 61.5 Å². The van der Waals surface area contributed by atoms with Gasteiger partial charge in [-0.15, -0.1) is 0 Å². The quantitative estimate of drug-likeness (QED) is 0.936. The van der Waals surface area contributed by atoms with Gasteiger partial charge in [0, 0.05) is 39.1 Å². The molecule has 0 saturated carbocycles. The van der Waals surface area contributed by atoms with Crippen molar-refractivity contribution in [2.24, 2.45) is 0 Å². The van der Waals surface area contributed by atoms with Gasteiger partial charge < -0.3 is 14.6 Å². The SMILES string of the molecule is CCOC(=O)N1CCN(CCc2nc3c(C)c(C)ccc3[nH]2)CC1. The summed E-state index contributed by atoms with van der Waals surface area (Å²) < 4.78 is 5.05.